The SMILES string of the molecule is Sc1ccc2nc(-c3cccc(-c4nc5ccc(S)cc5o4)c3)oc2c1. The molecule has 0 spiro atoms. The Kier molecular flexibility index (Phi) is 3.55. The van der Waals surface area contributed by atoms with Gasteiger partial charge in [0.05, 0.1) is 0 Å². The molecule has 0 radical (unpaired) electrons. The number of oxazole rings is 2. The maximum Gasteiger partial charge on any atom is 0.227 e. The second kappa shape index (κ2) is 5.93. The van der Waals surface area contributed by atoms with Crippen molar-refractivity contribution in [3.63, 3.8) is 0 Å². The highest BCUT2D eigenvalue weighted by molar-refractivity contribution is 7.80. The molecule has 0 bridgehead atoms. The molecule has 26 heavy (non-hydrogen) atoms. The van der Waals surface area contributed by atoms with Gasteiger partial charge in [0.2, 0.25) is 11.8 Å². The molecule has 0 amide bonds. The molecule has 2 aromatic heterocycles. The number of benzene rings is 3. The van der Waals surface area contributed by atoms with Crippen LogP contribution in [0.1, 0.15) is 0 Å². The minimum absolute atomic E-state index is 0.550. The lowest BCUT2D eigenvalue weighted by atomic mass is 10.1. The van der Waals surface area contributed by atoms with E-state index in [2.05, 4.69) is 35.2 Å². The minimum Gasteiger partial charge on any atom is -0.436 e. The van der Waals surface area contributed by atoms with Crippen LogP contribution in [0, 0.1) is 0 Å². The van der Waals surface area contributed by atoms with Gasteiger partial charge in [0.25, 0.3) is 0 Å². The van der Waals surface area contributed by atoms with Crippen molar-refractivity contribution in [2.75, 3.05) is 0 Å². The Balaban J connectivity index is 1.60. The van der Waals surface area contributed by atoms with Gasteiger partial charge in [-0.3, -0.25) is 0 Å². The largest absolute Gasteiger partial charge is 0.436 e. The quantitative estimate of drug-likeness (QED) is 0.378. The normalized spacial score (nSPS) is 11.5. The first-order valence-corrected chi connectivity index (χ1v) is 8.85. The molecule has 0 aliphatic heterocycles. The lowest BCUT2D eigenvalue weighted by Crippen LogP contribution is -1.81. The maximum absolute atomic E-state index is 5.88. The fourth-order valence-electron chi connectivity index (χ4n) is 2.86. The van der Waals surface area contributed by atoms with Gasteiger partial charge in [-0.15, -0.1) is 25.3 Å². The summed E-state index contributed by atoms with van der Waals surface area (Å²) in [5, 5.41) is 0. The van der Waals surface area contributed by atoms with E-state index in [0.29, 0.717) is 22.9 Å². The molecular weight excluding hydrogens is 364 g/mol. The van der Waals surface area contributed by atoms with Crippen molar-refractivity contribution in [2.45, 2.75) is 9.79 Å². The lowest BCUT2D eigenvalue weighted by molar-refractivity contribution is 0.616. The molecule has 0 saturated carbocycles. The maximum atomic E-state index is 5.88. The van der Waals surface area contributed by atoms with E-state index in [1.807, 2.05) is 60.7 Å². The van der Waals surface area contributed by atoms with Crippen molar-refractivity contribution in [1.29, 1.82) is 0 Å². The number of rotatable bonds is 2. The number of thiol groups is 2. The van der Waals surface area contributed by atoms with Crippen LogP contribution in [0.5, 0.6) is 0 Å². The zero-order chi connectivity index (χ0) is 17.7. The summed E-state index contributed by atoms with van der Waals surface area (Å²) in [6.45, 7) is 0. The summed E-state index contributed by atoms with van der Waals surface area (Å²) in [4.78, 5) is 10.8. The van der Waals surface area contributed by atoms with Crippen molar-refractivity contribution in [2.24, 2.45) is 0 Å². The van der Waals surface area contributed by atoms with Gasteiger partial charge in [0, 0.05) is 20.9 Å². The van der Waals surface area contributed by atoms with E-state index < -0.39 is 0 Å². The predicted molar refractivity (Wildman–Crippen MR) is 107 cm³/mol. The van der Waals surface area contributed by atoms with Gasteiger partial charge >= 0.3 is 0 Å². The number of aromatic nitrogens is 2. The molecule has 126 valence electrons. The monoisotopic (exact) mass is 376 g/mol. The third-order valence-corrected chi connectivity index (χ3v) is 4.66. The fourth-order valence-corrected chi connectivity index (χ4v) is 3.24. The van der Waals surface area contributed by atoms with E-state index in [1.54, 1.807) is 0 Å². The van der Waals surface area contributed by atoms with E-state index in [4.69, 9.17) is 8.83 Å². The molecule has 5 aromatic rings. The first-order chi connectivity index (χ1) is 12.7. The molecule has 2 heterocycles. The van der Waals surface area contributed by atoms with Crippen LogP contribution in [0.2, 0.25) is 0 Å². The molecule has 5 rings (SSSR count). The molecular formula is C20H12N2O2S2. The Morgan fingerprint density at radius 2 is 1.12 bits per heavy atom. The van der Waals surface area contributed by atoms with Crippen LogP contribution in [0.15, 0.2) is 79.3 Å². The van der Waals surface area contributed by atoms with Crippen LogP contribution in [-0.4, -0.2) is 9.97 Å². The van der Waals surface area contributed by atoms with Gasteiger partial charge < -0.3 is 8.83 Å². The number of hydrogen-bond acceptors (Lipinski definition) is 6. The second-order valence-corrected chi connectivity index (χ2v) is 6.96. The van der Waals surface area contributed by atoms with E-state index in [1.165, 1.54) is 0 Å². The van der Waals surface area contributed by atoms with Gasteiger partial charge in [0.1, 0.15) is 11.0 Å². The number of hydrogen-bond donors (Lipinski definition) is 2. The Bertz CT molecular complexity index is 1180. The van der Waals surface area contributed by atoms with E-state index >= 15 is 0 Å². The van der Waals surface area contributed by atoms with Gasteiger partial charge in [-0.2, -0.15) is 0 Å². The summed E-state index contributed by atoms with van der Waals surface area (Å²) in [7, 11) is 0. The van der Waals surface area contributed by atoms with Crippen molar-refractivity contribution in [3.8, 4) is 22.9 Å². The summed E-state index contributed by atoms with van der Waals surface area (Å²) in [6, 6.07) is 19.1. The highest BCUT2D eigenvalue weighted by Crippen LogP contribution is 2.30. The van der Waals surface area contributed by atoms with E-state index in [0.717, 1.165) is 32.0 Å². The molecule has 3 aromatic carbocycles. The molecule has 0 N–H and O–H groups in total. The molecule has 0 aliphatic carbocycles. The number of nitrogens with zero attached hydrogens (tertiary/aromatic N) is 2. The van der Waals surface area contributed by atoms with Crippen molar-refractivity contribution >= 4 is 47.5 Å². The first-order valence-electron chi connectivity index (χ1n) is 7.96. The molecule has 4 nitrogen and oxygen atoms in total. The Morgan fingerprint density at radius 1 is 0.615 bits per heavy atom. The van der Waals surface area contributed by atoms with Crippen LogP contribution < -0.4 is 0 Å². The smallest absolute Gasteiger partial charge is 0.227 e. The molecule has 0 fully saturated rings. The third-order valence-electron chi connectivity index (χ3n) is 4.10. The molecule has 0 saturated heterocycles. The van der Waals surface area contributed by atoms with E-state index in [9.17, 15) is 0 Å². The highest BCUT2D eigenvalue weighted by atomic mass is 32.1. The highest BCUT2D eigenvalue weighted by Gasteiger charge is 2.13. The van der Waals surface area contributed by atoms with Crippen molar-refractivity contribution in [3.05, 3.63) is 60.7 Å². The van der Waals surface area contributed by atoms with Crippen molar-refractivity contribution < 1.29 is 8.83 Å². The Hall–Kier alpha value is -2.70. The Morgan fingerprint density at radius 3 is 1.62 bits per heavy atom. The van der Waals surface area contributed by atoms with Crippen LogP contribution in [0.25, 0.3) is 45.1 Å². The van der Waals surface area contributed by atoms with Gasteiger partial charge in [0.15, 0.2) is 11.2 Å². The van der Waals surface area contributed by atoms with Crippen LogP contribution in [-0.2, 0) is 0 Å². The lowest BCUT2D eigenvalue weighted by Gasteiger charge is -1.98. The van der Waals surface area contributed by atoms with Gasteiger partial charge in [-0.1, -0.05) is 6.07 Å². The van der Waals surface area contributed by atoms with Crippen molar-refractivity contribution in [1.82, 2.24) is 9.97 Å². The fraction of sp³-hybridized carbons (Fsp3) is 0. The summed E-state index contributed by atoms with van der Waals surface area (Å²) < 4.78 is 11.8. The molecule has 0 atom stereocenters. The first kappa shape index (κ1) is 15.5. The summed E-state index contributed by atoms with van der Waals surface area (Å²) >= 11 is 8.68. The summed E-state index contributed by atoms with van der Waals surface area (Å²) in [5.74, 6) is 1.10. The van der Waals surface area contributed by atoms with Crippen LogP contribution >= 0.6 is 25.3 Å². The second-order valence-electron chi connectivity index (χ2n) is 5.92. The van der Waals surface area contributed by atoms with Gasteiger partial charge in [-0.05, 0) is 54.6 Å². The molecule has 0 aliphatic rings. The average Bonchev–Trinajstić information content (AvgIpc) is 3.25. The topological polar surface area (TPSA) is 52.1 Å². The van der Waals surface area contributed by atoms with Gasteiger partial charge in [-0.25, -0.2) is 9.97 Å². The average molecular weight is 376 g/mol. The Labute approximate surface area is 159 Å². The van der Waals surface area contributed by atoms with Crippen LogP contribution in [0.3, 0.4) is 0 Å². The minimum atomic E-state index is 0.550. The third kappa shape index (κ3) is 2.67. The predicted octanol–water partition coefficient (Wildman–Crippen LogP) is 5.88. The molecule has 0 unspecified atom stereocenters. The van der Waals surface area contributed by atoms with Crippen LogP contribution in [0.4, 0.5) is 0 Å². The zero-order valence-electron chi connectivity index (χ0n) is 13.4. The molecule has 6 heteroatoms. The number of fused-ring (bicyclic) bond motifs is 2. The standard InChI is InChI=1S/C20H12N2O2S2/c25-13-4-6-15-17(9-13)23-19(21-15)11-2-1-3-12(8-11)20-22-16-7-5-14(26)10-18(16)24-20/h1-10,25-26H. The summed E-state index contributed by atoms with van der Waals surface area (Å²) in [6.07, 6.45) is 0. The zero-order valence-corrected chi connectivity index (χ0v) is 15.2. The van der Waals surface area contributed by atoms with E-state index in [-0.39, 0.29) is 0 Å². The summed E-state index contributed by atoms with van der Waals surface area (Å²) in [5.41, 5.74) is 4.73.